The summed E-state index contributed by atoms with van der Waals surface area (Å²) >= 11 is 0. The summed E-state index contributed by atoms with van der Waals surface area (Å²) in [6.07, 6.45) is 5.90. The van der Waals surface area contributed by atoms with Gasteiger partial charge in [0.1, 0.15) is 11.6 Å². The van der Waals surface area contributed by atoms with Gasteiger partial charge in [-0.25, -0.2) is 4.98 Å². The molecule has 0 bridgehead atoms. The van der Waals surface area contributed by atoms with Gasteiger partial charge in [0.15, 0.2) is 5.65 Å². The highest BCUT2D eigenvalue weighted by molar-refractivity contribution is 5.75. The predicted octanol–water partition coefficient (Wildman–Crippen LogP) is 6.17. The van der Waals surface area contributed by atoms with Gasteiger partial charge < -0.3 is 10.2 Å². The van der Waals surface area contributed by atoms with E-state index in [0.29, 0.717) is 5.92 Å². The van der Waals surface area contributed by atoms with E-state index in [2.05, 4.69) is 74.7 Å². The Hall–Kier alpha value is -2.82. The van der Waals surface area contributed by atoms with Gasteiger partial charge >= 0.3 is 0 Å². The molecule has 2 aromatic heterocycles. The summed E-state index contributed by atoms with van der Waals surface area (Å²) in [6.45, 7) is 17.0. The van der Waals surface area contributed by atoms with Gasteiger partial charge in [-0.1, -0.05) is 46.4 Å². The highest BCUT2D eigenvalue weighted by atomic mass is 15.4. The minimum atomic E-state index is 0.481. The van der Waals surface area contributed by atoms with Crippen LogP contribution in [0.3, 0.4) is 0 Å². The van der Waals surface area contributed by atoms with Crippen molar-refractivity contribution in [3.63, 3.8) is 0 Å². The maximum Gasteiger partial charge on any atom is 0.159 e. The standard InChI is InChI=1S/C24H33N5/c1-7-14-28(15-8-2)24-18(6)23(27-22-12-13-25-29(22)24)26-21-11-10-20(17(4)5)16-19(21)9-3/h9-13,16-17H,3,7-8,14-15H2,1-2,4-6H3,(H,26,27). The molecule has 1 N–H and O–H groups in total. The average Bonchev–Trinajstić information content (AvgIpc) is 3.16. The lowest BCUT2D eigenvalue weighted by molar-refractivity contribution is 0.712. The highest BCUT2D eigenvalue weighted by Gasteiger charge is 2.18. The molecule has 3 rings (SSSR count). The minimum absolute atomic E-state index is 0.481. The normalized spacial score (nSPS) is 11.2. The zero-order valence-electron chi connectivity index (χ0n) is 18.4. The summed E-state index contributed by atoms with van der Waals surface area (Å²) in [7, 11) is 0. The maximum atomic E-state index is 4.85. The number of nitrogens with zero attached hydrogens (tertiary/aromatic N) is 4. The Labute approximate surface area is 174 Å². The van der Waals surface area contributed by atoms with E-state index in [4.69, 9.17) is 4.98 Å². The van der Waals surface area contributed by atoms with Crippen molar-refractivity contribution in [1.82, 2.24) is 14.6 Å². The average molecular weight is 392 g/mol. The molecule has 5 heteroatoms. The van der Waals surface area contributed by atoms with Crippen LogP contribution in [-0.4, -0.2) is 27.7 Å². The first-order valence-corrected chi connectivity index (χ1v) is 10.6. The fourth-order valence-corrected chi connectivity index (χ4v) is 3.71. The van der Waals surface area contributed by atoms with E-state index in [9.17, 15) is 0 Å². The molecule has 0 aliphatic heterocycles. The first kappa shape index (κ1) is 20.9. The van der Waals surface area contributed by atoms with E-state index in [1.54, 1.807) is 0 Å². The number of fused-ring (bicyclic) bond motifs is 1. The van der Waals surface area contributed by atoms with Gasteiger partial charge in [0, 0.05) is 30.4 Å². The van der Waals surface area contributed by atoms with Crippen LogP contribution < -0.4 is 10.2 Å². The van der Waals surface area contributed by atoms with Crippen molar-refractivity contribution < 1.29 is 0 Å². The van der Waals surface area contributed by atoms with Gasteiger partial charge in [-0.05, 0) is 48.9 Å². The number of hydrogen-bond donors (Lipinski definition) is 1. The number of hydrogen-bond acceptors (Lipinski definition) is 4. The molecule has 0 amide bonds. The number of rotatable bonds is 9. The van der Waals surface area contributed by atoms with Crippen molar-refractivity contribution in [3.8, 4) is 0 Å². The second-order valence-electron chi connectivity index (χ2n) is 7.83. The molecule has 0 spiro atoms. The number of nitrogens with one attached hydrogen (secondary N) is 1. The van der Waals surface area contributed by atoms with E-state index in [0.717, 1.165) is 60.0 Å². The second kappa shape index (κ2) is 9.12. The van der Waals surface area contributed by atoms with Gasteiger partial charge in [-0.15, -0.1) is 0 Å². The molecular weight excluding hydrogens is 358 g/mol. The third-order valence-corrected chi connectivity index (χ3v) is 5.24. The van der Waals surface area contributed by atoms with Crippen molar-refractivity contribution in [2.24, 2.45) is 0 Å². The Balaban J connectivity index is 2.09. The summed E-state index contributed by atoms with van der Waals surface area (Å²) in [6, 6.07) is 8.46. The molecule has 5 nitrogen and oxygen atoms in total. The zero-order valence-corrected chi connectivity index (χ0v) is 18.4. The van der Waals surface area contributed by atoms with Crippen molar-refractivity contribution in [3.05, 3.63) is 53.7 Å². The lowest BCUT2D eigenvalue weighted by Gasteiger charge is -2.27. The van der Waals surface area contributed by atoms with Gasteiger partial charge in [-0.2, -0.15) is 9.61 Å². The predicted molar refractivity (Wildman–Crippen MR) is 124 cm³/mol. The van der Waals surface area contributed by atoms with Gasteiger partial charge in [0.2, 0.25) is 0 Å². The zero-order chi connectivity index (χ0) is 21.0. The van der Waals surface area contributed by atoms with E-state index in [1.807, 2.05) is 22.9 Å². The van der Waals surface area contributed by atoms with Gasteiger partial charge in [0.25, 0.3) is 0 Å². The third kappa shape index (κ3) is 4.29. The smallest absolute Gasteiger partial charge is 0.159 e. The van der Waals surface area contributed by atoms with Crippen molar-refractivity contribution in [2.45, 2.75) is 53.4 Å². The summed E-state index contributed by atoms with van der Waals surface area (Å²) in [5.74, 6) is 2.46. The molecule has 0 radical (unpaired) electrons. The molecule has 0 aliphatic rings. The third-order valence-electron chi connectivity index (χ3n) is 5.24. The Morgan fingerprint density at radius 3 is 2.52 bits per heavy atom. The first-order chi connectivity index (χ1) is 14.0. The maximum absolute atomic E-state index is 4.85. The second-order valence-corrected chi connectivity index (χ2v) is 7.83. The van der Waals surface area contributed by atoms with Crippen molar-refractivity contribution in [1.29, 1.82) is 0 Å². The summed E-state index contributed by atoms with van der Waals surface area (Å²) in [4.78, 5) is 7.27. The van der Waals surface area contributed by atoms with E-state index in [-0.39, 0.29) is 0 Å². The van der Waals surface area contributed by atoms with Crippen LogP contribution in [0.4, 0.5) is 17.3 Å². The molecule has 3 aromatic rings. The van der Waals surface area contributed by atoms with Crippen LogP contribution in [0.2, 0.25) is 0 Å². The molecule has 0 saturated carbocycles. The molecule has 154 valence electrons. The molecular formula is C24H33N5. The van der Waals surface area contributed by atoms with E-state index >= 15 is 0 Å². The van der Waals surface area contributed by atoms with Crippen molar-refractivity contribution >= 4 is 29.0 Å². The Morgan fingerprint density at radius 2 is 1.90 bits per heavy atom. The van der Waals surface area contributed by atoms with Gasteiger partial charge in [0.05, 0.1) is 6.20 Å². The topological polar surface area (TPSA) is 45.5 Å². The largest absolute Gasteiger partial charge is 0.356 e. The summed E-state index contributed by atoms with van der Waals surface area (Å²) in [5.41, 5.74) is 5.37. The molecule has 1 aromatic carbocycles. The monoisotopic (exact) mass is 391 g/mol. The number of benzene rings is 1. The first-order valence-electron chi connectivity index (χ1n) is 10.6. The molecule has 0 unspecified atom stereocenters. The van der Waals surface area contributed by atoms with Crippen LogP contribution in [-0.2, 0) is 0 Å². The van der Waals surface area contributed by atoms with Crippen LogP contribution in [0.15, 0.2) is 37.0 Å². The van der Waals surface area contributed by atoms with Gasteiger partial charge in [-0.3, -0.25) is 0 Å². The Bertz CT molecular complexity index is 980. The van der Waals surface area contributed by atoms with E-state index in [1.165, 1.54) is 5.56 Å². The SMILES string of the molecule is C=Cc1cc(C(C)C)ccc1Nc1nc2ccnn2c(N(CCC)CCC)c1C. The summed E-state index contributed by atoms with van der Waals surface area (Å²) in [5, 5.41) is 8.12. The fraction of sp³-hybridized carbons (Fsp3) is 0.417. The van der Waals surface area contributed by atoms with Crippen molar-refractivity contribution in [2.75, 3.05) is 23.3 Å². The lowest BCUT2D eigenvalue weighted by Crippen LogP contribution is -2.28. The Kier molecular flexibility index (Phi) is 6.57. The lowest BCUT2D eigenvalue weighted by atomic mass is 9.99. The number of aromatic nitrogens is 3. The number of anilines is 3. The summed E-state index contributed by atoms with van der Waals surface area (Å²) < 4.78 is 1.96. The molecule has 0 fully saturated rings. The van der Waals surface area contributed by atoms with Crippen LogP contribution in [0.25, 0.3) is 11.7 Å². The fourth-order valence-electron chi connectivity index (χ4n) is 3.71. The highest BCUT2D eigenvalue weighted by Crippen LogP contribution is 2.31. The minimum Gasteiger partial charge on any atom is -0.356 e. The van der Waals surface area contributed by atoms with Crippen LogP contribution in [0.1, 0.15) is 63.1 Å². The Morgan fingerprint density at radius 1 is 1.17 bits per heavy atom. The molecule has 29 heavy (non-hydrogen) atoms. The van der Waals surface area contributed by atoms with Crippen LogP contribution in [0.5, 0.6) is 0 Å². The molecule has 2 heterocycles. The van der Waals surface area contributed by atoms with Crippen LogP contribution in [0, 0.1) is 6.92 Å². The quantitative estimate of drug-likeness (QED) is 0.473. The molecule has 0 saturated heterocycles. The van der Waals surface area contributed by atoms with Crippen LogP contribution >= 0.6 is 0 Å². The van der Waals surface area contributed by atoms with E-state index < -0.39 is 0 Å². The molecule has 0 aliphatic carbocycles. The molecule has 0 atom stereocenters.